The Hall–Kier alpha value is -1.15. The first-order valence-electron chi connectivity index (χ1n) is 5.79. The Morgan fingerprint density at radius 2 is 2.05 bits per heavy atom. The van der Waals surface area contributed by atoms with Crippen LogP contribution in [0, 0.1) is 9.39 Å². The number of halogens is 3. The Bertz CT molecular complexity index is 636. The van der Waals surface area contributed by atoms with Gasteiger partial charge in [-0.2, -0.15) is 0 Å². The number of nitrogens with one attached hydrogen (secondary N) is 2. The molecule has 6 heteroatoms. The zero-order valence-corrected chi connectivity index (χ0v) is 14.0. The maximum atomic E-state index is 13.0. The first kappa shape index (κ1) is 15.2. The maximum Gasteiger partial charge on any atom is 0.243 e. The van der Waals surface area contributed by atoms with Crippen molar-refractivity contribution in [3.8, 4) is 0 Å². The molecule has 104 valence electrons. The average Bonchev–Trinajstić information content (AvgIpc) is 2.37. The zero-order chi connectivity index (χ0) is 14.5. The quantitative estimate of drug-likeness (QED) is 0.687. The highest BCUT2D eigenvalue weighted by atomic mass is 127. The predicted octanol–water partition coefficient (Wildman–Crippen LogP) is 4.24. The molecule has 0 fully saturated rings. The topological polar surface area (TPSA) is 41.1 Å². The fourth-order valence-corrected chi connectivity index (χ4v) is 2.65. The summed E-state index contributed by atoms with van der Waals surface area (Å²) in [7, 11) is 0. The third kappa shape index (κ3) is 4.45. The van der Waals surface area contributed by atoms with Crippen LogP contribution in [-0.2, 0) is 4.79 Å². The molecule has 0 saturated heterocycles. The third-order valence-electron chi connectivity index (χ3n) is 2.48. The van der Waals surface area contributed by atoms with Crippen molar-refractivity contribution >= 4 is 55.8 Å². The summed E-state index contributed by atoms with van der Waals surface area (Å²) in [6.45, 7) is 0.119. The minimum absolute atomic E-state index is 0.119. The molecule has 0 saturated carbocycles. The number of hydrogen-bond donors (Lipinski definition) is 2. The van der Waals surface area contributed by atoms with E-state index in [1.54, 1.807) is 6.07 Å². The van der Waals surface area contributed by atoms with Gasteiger partial charge >= 0.3 is 0 Å². The highest BCUT2D eigenvalue weighted by Gasteiger charge is 2.05. The van der Waals surface area contributed by atoms with Crippen LogP contribution >= 0.6 is 38.5 Å². The van der Waals surface area contributed by atoms with E-state index in [4.69, 9.17) is 0 Å². The molecule has 0 aliphatic rings. The SMILES string of the molecule is O=C(CNc1ccc(F)cc1I)Nc1cccc(Br)c1. The molecule has 1 amide bonds. The van der Waals surface area contributed by atoms with Gasteiger partial charge in [-0.1, -0.05) is 22.0 Å². The lowest BCUT2D eigenvalue weighted by Gasteiger charge is -2.09. The number of hydrogen-bond acceptors (Lipinski definition) is 2. The van der Waals surface area contributed by atoms with Gasteiger partial charge in [-0.3, -0.25) is 4.79 Å². The maximum absolute atomic E-state index is 13.0. The highest BCUT2D eigenvalue weighted by Crippen LogP contribution is 2.19. The molecule has 0 aliphatic carbocycles. The number of anilines is 2. The minimum Gasteiger partial charge on any atom is -0.375 e. The van der Waals surface area contributed by atoms with Gasteiger partial charge in [-0.15, -0.1) is 0 Å². The van der Waals surface area contributed by atoms with Crippen molar-refractivity contribution in [2.75, 3.05) is 17.2 Å². The normalized spacial score (nSPS) is 10.2. The first-order valence-corrected chi connectivity index (χ1v) is 7.66. The molecule has 0 radical (unpaired) electrons. The molecule has 2 N–H and O–H groups in total. The van der Waals surface area contributed by atoms with Crippen LogP contribution in [0.3, 0.4) is 0 Å². The predicted molar refractivity (Wildman–Crippen MR) is 90.4 cm³/mol. The van der Waals surface area contributed by atoms with Crippen molar-refractivity contribution < 1.29 is 9.18 Å². The smallest absolute Gasteiger partial charge is 0.243 e. The van der Waals surface area contributed by atoms with Crippen LogP contribution in [0.15, 0.2) is 46.9 Å². The summed E-state index contributed by atoms with van der Waals surface area (Å²) < 4.78 is 14.6. The fraction of sp³-hybridized carbons (Fsp3) is 0.0714. The standard InChI is InChI=1S/C14H11BrFIN2O/c15-9-2-1-3-11(6-9)19-14(20)8-18-13-5-4-10(16)7-12(13)17/h1-7,18H,8H2,(H,19,20). The molecule has 2 aromatic rings. The Morgan fingerprint density at radius 3 is 2.75 bits per heavy atom. The molecule has 0 atom stereocenters. The van der Waals surface area contributed by atoms with Gasteiger partial charge in [0.15, 0.2) is 0 Å². The lowest BCUT2D eigenvalue weighted by Crippen LogP contribution is -2.22. The van der Waals surface area contributed by atoms with Gasteiger partial charge in [0.25, 0.3) is 0 Å². The van der Waals surface area contributed by atoms with E-state index in [0.717, 1.165) is 19.4 Å². The number of carbonyl (C=O) groups is 1. The van der Waals surface area contributed by atoms with Gasteiger partial charge in [-0.25, -0.2) is 4.39 Å². The molecule has 0 spiro atoms. The summed E-state index contributed by atoms with van der Waals surface area (Å²) in [6.07, 6.45) is 0. The van der Waals surface area contributed by atoms with Crippen LogP contribution in [0.2, 0.25) is 0 Å². The lowest BCUT2D eigenvalue weighted by atomic mass is 10.3. The van der Waals surface area contributed by atoms with Crippen LogP contribution in [-0.4, -0.2) is 12.5 Å². The van der Waals surface area contributed by atoms with Crippen molar-refractivity contribution in [2.45, 2.75) is 0 Å². The van der Waals surface area contributed by atoms with Crippen molar-refractivity contribution in [1.82, 2.24) is 0 Å². The summed E-state index contributed by atoms with van der Waals surface area (Å²) >= 11 is 5.36. The minimum atomic E-state index is -0.293. The molecular formula is C14H11BrFIN2O. The largest absolute Gasteiger partial charge is 0.375 e. The Labute approximate surface area is 138 Å². The van der Waals surface area contributed by atoms with E-state index in [1.165, 1.54) is 12.1 Å². The molecular weight excluding hydrogens is 438 g/mol. The van der Waals surface area contributed by atoms with E-state index < -0.39 is 0 Å². The summed E-state index contributed by atoms with van der Waals surface area (Å²) in [5, 5.41) is 5.75. The second kappa shape index (κ2) is 7.03. The van der Waals surface area contributed by atoms with E-state index in [0.29, 0.717) is 0 Å². The van der Waals surface area contributed by atoms with Crippen molar-refractivity contribution in [1.29, 1.82) is 0 Å². The molecule has 2 rings (SSSR count). The van der Waals surface area contributed by atoms with Crippen LogP contribution in [0.1, 0.15) is 0 Å². The summed E-state index contributed by atoms with van der Waals surface area (Å²) in [5.41, 5.74) is 1.45. The summed E-state index contributed by atoms with van der Waals surface area (Å²) in [5.74, 6) is -0.457. The molecule has 0 unspecified atom stereocenters. The van der Waals surface area contributed by atoms with E-state index in [2.05, 4.69) is 26.6 Å². The van der Waals surface area contributed by atoms with Crippen LogP contribution in [0.5, 0.6) is 0 Å². The van der Waals surface area contributed by atoms with Crippen LogP contribution in [0.25, 0.3) is 0 Å². The number of rotatable bonds is 4. The second-order valence-electron chi connectivity index (χ2n) is 4.04. The molecule has 3 nitrogen and oxygen atoms in total. The fourth-order valence-electron chi connectivity index (χ4n) is 1.58. The Kier molecular flexibility index (Phi) is 5.36. The molecule has 0 aliphatic heterocycles. The van der Waals surface area contributed by atoms with Gasteiger partial charge in [0.2, 0.25) is 5.91 Å². The van der Waals surface area contributed by atoms with E-state index in [-0.39, 0.29) is 18.3 Å². The summed E-state index contributed by atoms with van der Waals surface area (Å²) in [4.78, 5) is 11.8. The van der Waals surface area contributed by atoms with Crippen molar-refractivity contribution in [2.24, 2.45) is 0 Å². The third-order valence-corrected chi connectivity index (χ3v) is 3.86. The highest BCUT2D eigenvalue weighted by molar-refractivity contribution is 14.1. The van der Waals surface area contributed by atoms with Gasteiger partial charge < -0.3 is 10.6 Å². The monoisotopic (exact) mass is 448 g/mol. The van der Waals surface area contributed by atoms with Crippen LogP contribution in [0.4, 0.5) is 15.8 Å². The number of amides is 1. The summed E-state index contributed by atoms with van der Waals surface area (Å²) in [6, 6.07) is 11.7. The zero-order valence-electron chi connectivity index (χ0n) is 10.3. The Balaban J connectivity index is 1.92. The van der Waals surface area contributed by atoms with E-state index >= 15 is 0 Å². The average molecular weight is 449 g/mol. The lowest BCUT2D eigenvalue weighted by molar-refractivity contribution is -0.114. The number of carbonyl (C=O) groups excluding carboxylic acids is 1. The van der Waals surface area contributed by atoms with Crippen molar-refractivity contribution in [3.05, 3.63) is 56.3 Å². The molecule has 0 aromatic heterocycles. The van der Waals surface area contributed by atoms with E-state index in [9.17, 15) is 9.18 Å². The molecule has 2 aromatic carbocycles. The van der Waals surface area contributed by atoms with Gasteiger partial charge in [0.05, 0.1) is 6.54 Å². The Morgan fingerprint density at radius 1 is 1.25 bits per heavy atom. The first-order chi connectivity index (χ1) is 9.54. The molecule has 0 bridgehead atoms. The second-order valence-corrected chi connectivity index (χ2v) is 6.11. The van der Waals surface area contributed by atoms with Gasteiger partial charge in [-0.05, 0) is 59.0 Å². The van der Waals surface area contributed by atoms with E-state index in [1.807, 2.05) is 46.9 Å². The van der Waals surface area contributed by atoms with Crippen molar-refractivity contribution in [3.63, 3.8) is 0 Å². The van der Waals surface area contributed by atoms with Gasteiger partial charge in [0.1, 0.15) is 5.82 Å². The molecule has 0 heterocycles. The molecule has 20 heavy (non-hydrogen) atoms. The van der Waals surface area contributed by atoms with Crippen LogP contribution < -0.4 is 10.6 Å². The number of benzene rings is 2. The van der Waals surface area contributed by atoms with Gasteiger partial charge in [0, 0.05) is 19.4 Å².